The highest BCUT2D eigenvalue weighted by molar-refractivity contribution is 5.70. The van der Waals surface area contributed by atoms with Crippen LogP contribution in [0.3, 0.4) is 0 Å². The van der Waals surface area contributed by atoms with Gasteiger partial charge in [0.05, 0.1) is 13.2 Å². The molecule has 0 aromatic rings. The fraction of sp³-hybridized carbons (Fsp3) is 0.947. The van der Waals surface area contributed by atoms with Crippen LogP contribution in [0.15, 0.2) is 0 Å². The molecule has 144 valence electrons. The minimum Gasteiger partial charge on any atom is -0.441 e. The van der Waals surface area contributed by atoms with Crippen molar-refractivity contribution in [2.24, 2.45) is 0 Å². The highest BCUT2D eigenvalue weighted by atomic mass is 16.6. The first-order chi connectivity index (χ1) is 12.1. The third kappa shape index (κ3) is 4.86. The zero-order chi connectivity index (χ0) is 17.7. The number of aliphatic hydroxyl groups is 1. The van der Waals surface area contributed by atoms with Crippen molar-refractivity contribution >= 4 is 6.09 Å². The van der Waals surface area contributed by atoms with Crippen molar-refractivity contribution in [3.05, 3.63) is 0 Å². The summed E-state index contributed by atoms with van der Waals surface area (Å²) in [7, 11) is 2.23. The Balaban J connectivity index is 1.39. The SMILES string of the molecule is CN(CCCN1CC2(CCN(CCO)CC2)OC1=O)C1CCCCC1. The molecule has 0 unspecified atom stereocenters. The molecule has 1 amide bonds. The maximum Gasteiger partial charge on any atom is 0.410 e. The van der Waals surface area contributed by atoms with Crippen molar-refractivity contribution in [3.8, 4) is 0 Å². The summed E-state index contributed by atoms with van der Waals surface area (Å²) in [6.45, 7) is 5.35. The van der Waals surface area contributed by atoms with Crippen LogP contribution in [0, 0.1) is 0 Å². The Morgan fingerprint density at radius 1 is 1.20 bits per heavy atom. The number of aliphatic hydroxyl groups excluding tert-OH is 1. The van der Waals surface area contributed by atoms with E-state index in [-0.39, 0.29) is 18.3 Å². The van der Waals surface area contributed by atoms with Crippen molar-refractivity contribution in [2.75, 3.05) is 52.9 Å². The van der Waals surface area contributed by atoms with E-state index in [0.717, 1.165) is 64.6 Å². The molecule has 3 aliphatic rings. The van der Waals surface area contributed by atoms with Gasteiger partial charge in [-0.1, -0.05) is 19.3 Å². The lowest BCUT2D eigenvalue weighted by Crippen LogP contribution is -2.47. The lowest BCUT2D eigenvalue weighted by molar-refractivity contribution is -0.00245. The van der Waals surface area contributed by atoms with Gasteiger partial charge in [-0.05, 0) is 32.9 Å². The molecule has 0 radical (unpaired) electrons. The Hall–Kier alpha value is -0.850. The van der Waals surface area contributed by atoms with Gasteiger partial charge in [0, 0.05) is 45.1 Å². The van der Waals surface area contributed by atoms with Crippen LogP contribution < -0.4 is 0 Å². The maximum atomic E-state index is 12.3. The quantitative estimate of drug-likeness (QED) is 0.758. The highest BCUT2D eigenvalue weighted by Crippen LogP contribution is 2.33. The van der Waals surface area contributed by atoms with E-state index in [1.807, 2.05) is 4.90 Å². The maximum absolute atomic E-state index is 12.3. The van der Waals surface area contributed by atoms with Crippen LogP contribution in [0.25, 0.3) is 0 Å². The Morgan fingerprint density at radius 2 is 1.92 bits per heavy atom. The Kier molecular flexibility index (Phi) is 6.58. The average Bonchev–Trinajstić information content (AvgIpc) is 2.93. The molecule has 3 fully saturated rings. The Morgan fingerprint density at radius 3 is 2.60 bits per heavy atom. The second kappa shape index (κ2) is 8.69. The monoisotopic (exact) mass is 353 g/mol. The number of ether oxygens (including phenoxy) is 1. The molecule has 2 saturated heterocycles. The normalized spacial score (nSPS) is 25.1. The van der Waals surface area contributed by atoms with E-state index in [0.29, 0.717) is 0 Å². The molecule has 0 atom stereocenters. The fourth-order valence-corrected chi connectivity index (χ4v) is 4.67. The van der Waals surface area contributed by atoms with Gasteiger partial charge in [-0.3, -0.25) is 0 Å². The van der Waals surface area contributed by atoms with Gasteiger partial charge >= 0.3 is 6.09 Å². The van der Waals surface area contributed by atoms with Crippen LogP contribution in [-0.4, -0.2) is 90.5 Å². The Bertz CT molecular complexity index is 432. The molecule has 0 aromatic carbocycles. The number of rotatable bonds is 7. The molecule has 0 bridgehead atoms. The summed E-state index contributed by atoms with van der Waals surface area (Å²) in [5.41, 5.74) is -0.279. The number of carbonyl (C=O) groups excluding carboxylic acids is 1. The number of nitrogens with zero attached hydrogens (tertiary/aromatic N) is 3. The molecule has 2 heterocycles. The second-order valence-electron chi connectivity index (χ2n) is 8.16. The van der Waals surface area contributed by atoms with Crippen LogP contribution >= 0.6 is 0 Å². The van der Waals surface area contributed by atoms with Gasteiger partial charge in [-0.2, -0.15) is 0 Å². The first-order valence-electron chi connectivity index (χ1n) is 10.1. The number of hydrogen-bond acceptors (Lipinski definition) is 5. The highest BCUT2D eigenvalue weighted by Gasteiger charge is 2.46. The van der Waals surface area contributed by atoms with E-state index in [9.17, 15) is 4.79 Å². The summed E-state index contributed by atoms with van der Waals surface area (Å²) in [4.78, 5) is 18.9. The van der Waals surface area contributed by atoms with E-state index in [1.54, 1.807) is 0 Å². The number of β-amino-alcohol motifs (C(OH)–C–C–N with tert-alkyl or cyclic N) is 1. The van der Waals surface area contributed by atoms with Gasteiger partial charge in [0.25, 0.3) is 0 Å². The molecule has 6 heteroatoms. The number of hydrogen-bond donors (Lipinski definition) is 1. The van der Waals surface area contributed by atoms with Crippen LogP contribution in [0.4, 0.5) is 4.79 Å². The van der Waals surface area contributed by atoms with Gasteiger partial charge in [-0.15, -0.1) is 0 Å². The molecular weight excluding hydrogens is 318 g/mol. The van der Waals surface area contributed by atoms with E-state index in [2.05, 4.69) is 16.8 Å². The van der Waals surface area contributed by atoms with Gasteiger partial charge in [0.15, 0.2) is 0 Å². The van der Waals surface area contributed by atoms with Crippen molar-refractivity contribution in [2.45, 2.75) is 63.0 Å². The van der Waals surface area contributed by atoms with Crippen molar-refractivity contribution in [1.29, 1.82) is 0 Å². The van der Waals surface area contributed by atoms with Gasteiger partial charge in [-0.25, -0.2) is 4.79 Å². The molecule has 0 aromatic heterocycles. The van der Waals surface area contributed by atoms with Crippen LogP contribution in [-0.2, 0) is 4.74 Å². The third-order valence-electron chi connectivity index (χ3n) is 6.36. The largest absolute Gasteiger partial charge is 0.441 e. The number of piperidine rings is 1. The molecule has 1 N–H and O–H groups in total. The number of amides is 1. The molecule has 3 rings (SSSR count). The first kappa shape index (κ1) is 18.9. The molecule has 1 saturated carbocycles. The first-order valence-corrected chi connectivity index (χ1v) is 10.1. The molecule has 2 aliphatic heterocycles. The lowest BCUT2D eigenvalue weighted by Gasteiger charge is -2.37. The molecule has 6 nitrogen and oxygen atoms in total. The van der Waals surface area contributed by atoms with Crippen LogP contribution in [0.1, 0.15) is 51.4 Å². The predicted molar refractivity (Wildman–Crippen MR) is 97.7 cm³/mol. The van der Waals surface area contributed by atoms with E-state index in [1.165, 1.54) is 32.1 Å². The lowest BCUT2D eigenvalue weighted by atomic mass is 9.91. The van der Waals surface area contributed by atoms with Crippen molar-refractivity contribution in [1.82, 2.24) is 14.7 Å². The molecule has 1 aliphatic carbocycles. The number of likely N-dealkylation sites (tertiary alicyclic amines) is 1. The summed E-state index contributed by atoms with van der Waals surface area (Å²) >= 11 is 0. The summed E-state index contributed by atoms with van der Waals surface area (Å²) in [6, 6.07) is 0.737. The van der Waals surface area contributed by atoms with Crippen LogP contribution in [0.5, 0.6) is 0 Å². The molecular formula is C19H35N3O3. The molecule has 1 spiro atoms. The fourth-order valence-electron chi connectivity index (χ4n) is 4.67. The van der Waals surface area contributed by atoms with Gasteiger partial charge < -0.3 is 24.5 Å². The minimum absolute atomic E-state index is 0.129. The number of carbonyl (C=O) groups is 1. The van der Waals surface area contributed by atoms with Crippen LogP contribution in [0.2, 0.25) is 0 Å². The van der Waals surface area contributed by atoms with Gasteiger partial charge in [0.1, 0.15) is 5.60 Å². The molecule has 25 heavy (non-hydrogen) atoms. The Labute approximate surface area is 152 Å². The van der Waals surface area contributed by atoms with Crippen molar-refractivity contribution < 1.29 is 14.6 Å². The standard InChI is InChI=1S/C19H35N3O3/c1-20(17-6-3-2-4-7-17)10-5-11-22-16-19(25-18(22)24)8-12-21(13-9-19)14-15-23/h17,23H,2-16H2,1H3. The smallest absolute Gasteiger partial charge is 0.410 e. The summed E-state index contributed by atoms with van der Waals surface area (Å²) in [6.07, 6.45) is 9.44. The van der Waals surface area contributed by atoms with Gasteiger partial charge in [0.2, 0.25) is 0 Å². The second-order valence-corrected chi connectivity index (χ2v) is 8.16. The van der Waals surface area contributed by atoms with Crippen molar-refractivity contribution in [3.63, 3.8) is 0 Å². The zero-order valence-corrected chi connectivity index (χ0v) is 15.8. The van der Waals surface area contributed by atoms with E-state index < -0.39 is 0 Å². The topological polar surface area (TPSA) is 56.3 Å². The summed E-state index contributed by atoms with van der Waals surface area (Å²) in [5.74, 6) is 0. The summed E-state index contributed by atoms with van der Waals surface area (Å²) in [5, 5.41) is 9.06. The summed E-state index contributed by atoms with van der Waals surface area (Å²) < 4.78 is 5.79. The average molecular weight is 354 g/mol. The predicted octanol–water partition coefficient (Wildman–Crippen LogP) is 1.92. The minimum atomic E-state index is -0.279. The van der Waals surface area contributed by atoms with E-state index >= 15 is 0 Å². The third-order valence-corrected chi connectivity index (χ3v) is 6.36. The zero-order valence-electron chi connectivity index (χ0n) is 15.8. The van der Waals surface area contributed by atoms with E-state index in [4.69, 9.17) is 9.84 Å².